The zero-order valence-corrected chi connectivity index (χ0v) is 20.9. The molecule has 0 aromatic rings. The maximum atomic E-state index is 6.56. The summed E-state index contributed by atoms with van der Waals surface area (Å²) in [5.74, 6) is 4.99. The van der Waals surface area contributed by atoms with E-state index in [0.717, 1.165) is 48.6 Å². The number of hydrogen-bond donors (Lipinski definition) is 0. The largest absolute Gasteiger partial charge is 0.522 e. The second-order valence-electron chi connectivity index (χ2n) is 10.9. The van der Waals surface area contributed by atoms with Crippen LogP contribution in [-0.2, 0) is 8.85 Å². The summed E-state index contributed by atoms with van der Waals surface area (Å²) < 4.78 is 18.7. The van der Waals surface area contributed by atoms with Crippen LogP contribution in [0.15, 0.2) is 0 Å². The summed E-state index contributed by atoms with van der Waals surface area (Å²) in [6.07, 6.45) is 10.8. The maximum absolute atomic E-state index is 6.56. The van der Waals surface area contributed by atoms with E-state index in [1.54, 1.807) is 0 Å². The quantitative estimate of drug-likeness (QED) is 0.595. The van der Waals surface area contributed by atoms with Gasteiger partial charge in [-0.1, -0.05) is 27.7 Å². The molecular weight excluding hydrogens is 376 g/mol. The van der Waals surface area contributed by atoms with Crippen LogP contribution in [0, 0.1) is 35.5 Å². The van der Waals surface area contributed by atoms with Crippen LogP contribution in [0.1, 0.15) is 79.1 Å². The van der Waals surface area contributed by atoms with Crippen LogP contribution < -0.4 is 0 Å². The van der Waals surface area contributed by atoms with Gasteiger partial charge < -0.3 is 8.85 Å². The molecule has 4 aliphatic rings. The van der Waals surface area contributed by atoms with Crippen molar-refractivity contribution < 1.29 is 8.85 Å². The van der Waals surface area contributed by atoms with E-state index in [2.05, 4.69) is 36.8 Å². The Morgan fingerprint density at radius 1 is 0.621 bits per heavy atom. The Hall–Kier alpha value is 0.0569. The molecule has 0 bridgehead atoms. The van der Waals surface area contributed by atoms with Gasteiger partial charge in [-0.05, 0) is 100.0 Å². The third-order valence-electron chi connectivity index (χ3n) is 9.90. The van der Waals surface area contributed by atoms with Gasteiger partial charge in [0.05, 0.1) is 0 Å². The third-order valence-corrected chi connectivity index (χ3v) is 13.5. The molecule has 2 heterocycles. The van der Waals surface area contributed by atoms with Gasteiger partial charge in [0.25, 0.3) is 0 Å². The Labute approximate surface area is 181 Å². The highest BCUT2D eigenvalue weighted by atomic mass is 28.4. The van der Waals surface area contributed by atoms with Crippen molar-refractivity contribution in [1.29, 1.82) is 0 Å². The lowest BCUT2D eigenvalue weighted by Crippen LogP contribution is -2.77. The number of rotatable bonds is 4. The second kappa shape index (κ2) is 8.89. The van der Waals surface area contributed by atoms with Crippen LogP contribution in [-0.4, -0.2) is 57.4 Å². The average molecular weight is 423 g/mol. The van der Waals surface area contributed by atoms with Gasteiger partial charge in [0.2, 0.25) is 0 Å². The van der Waals surface area contributed by atoms with Crippen LogP contribution in [0.3, 0.4) is 0 Å². The van der Waals surface area contributed by atoms with E-state index in [1.165, 1.54) is 51.4 Å². The highest BCUT2D eigenvalue weighted by Crippen LogP contribution is 2.47. The van der Waals surface area contributed by atoms with Gasteiger partial charge in [0, 0.05) is 26.3 Å². The van der Waals surface area contributed by atoms with E-state index < -0.39 is 8.88 Å². The van der Waals surface area contributed by atoms with Crippen molar-refractivity contribution in [1.82, 2.24) is 9.13 Å². The Morgan fingerprint density at radius 3 is 1.41 bits per heavy atom. The standard InChI is InChI=1S/C24H46N2O2Si/c1-17-11-13-23-21(19(17)3)9-7-15-25(23)29(27-5,28-6)26-16-8-10-22-20(4)18(2)12-14-24(22)26/h17-24H,7-16H2,1-6H3. The van der Waals surface area contributed by atoms with E-state index in [-0.39, 0.29) is 0 Å². The number of fused-ring (bicyclic) bond motifs is 2. The van der Waals surface area contributed by atoms with Crippen molar-refractivity contribution in [2.75, 3.05) is 27.3 Å². The molecule has 4 fully saturated rings. The summed E-state index contributed by atoms with van der Waals surface area (Å²) in [5.41, 5.74) is 0. The second-order valence-corrected chi connectivity index (χ2v) is 14.0. The summed E-state index contributed by atoms with van der Waals surface area (Å²) in [4.78, 5) is 0. The molecule has 5 heteroatoms. The number of piperidine rings is 2. The first-order valence-electron chi connectivity index (χ1n) is 12.6. The molecule has 2 saturated heterocycles. The first-order valence-corrected chi connectivity index (χ1v) is 14.3. The van der Waals surface area contributed by atoms with Crippen LogP contribution >= 0.6 is 0 Å². The van der Waals surface area contributed by atoms with E-state index in [0.29, 0.717) is 12.1 Å². The molecule has 0 N–H and O–H groups in total. The predicted octanol–water partition coefficient (Wildman–Crippen LogP) is 5.01. The molecule has 2 aliphatic heterocycles. The first kappa shape index (κ1) is 22.3. The summed E-state index contributed by atoms with van der Waals surface area (Å²) in [7, 11) is 1.31. The van der Waals surface area contributed by atoms with Crippen LogP contribution in [0.25, 0.3) is 0 Å². The molecular formula is C24H46N2O2Si. The van der Waals surface area contributed by atoms with Crippen LogP contribution in [0.5, 0.6) is 0 Å². The molecule has 0 spiro atoms. The van der Waals surface area contributed by atoms with Gasteiger partial charge in [0.1, 0.15) is 0 Å². The van der Waals surface area contributed by atoms with Crippen molar-refractivity contribution in [3.8, 4) is 0 Å². The molecule has 29 heavy (non-hydrogen) atoms. The van der Waals surface area contributed by atoms with Crippen LogP contribution in [0.2, 0.25) is 0 Å². The minimum Gasteiger partial charge on any atom is -0.374 e. The van der Waals surface area contributed by atoms with Crippen molar-refractivity contribution in [3.05, 3.63) is 0 Å². The molecule has 4 nitrogen and oxygen atoms in total. The monoisotopic (exact) mass is 422 g/mol. The molecule has 0 amide bonds. The highest BCUT2D eigenvalue weighted by molar-refractivity contribution is 6.61. The number of nitrogens with zero attached hydrogens (tertiary/aromatic N) is 2. The summed E-state index contributed by atoms with van der Waals surface area (Å²) >= 11 is 0. The zero-order valence-electron chi connectivity index (χ0n) is 19.9. The summed E-state index contributed by atoms with van der Waals surface area (Å²) in [5, 5.41) is 0. The minimum atomic E-state index is -2.59. The molecule has 2 saturated carbocycles. The number of hydrogen-bond acceptors (Lipinski definition) is 4. The van der Waals surface area contributed by atoms with Gasteiger partial charge in [-0.15, -0.1) is 0 Å². The van der Waals surface area contributed by atoms with Gasteiger partial charge >= 0.3 is 8.88 Å². The van der Waals surface area contributed by atoms with E-state index in [4.69, 9.17) is 8.85 Å². The zero-order chi connectivity index (χ0) is 20.8. The van der Waals surface area contributed by atoms with Gasteiger partial charge in [-0.3, -0.25) is 9.13 Å². The third kappa shape index (κ3) is 3.67. The molecule has 0 aromatic carbocycles. The van der Waals surface area contributed by atoms with Crippen molar-refractivity contribution in [2.24, 2.45) is 35.5 Å². The van der Waals surface area contributed by atoms with Crippen molar-refractivity contribution >= 4 is 8.88 Å². The lowest BCUT2D eigenvalue weighted by atomic mass is 9.68. The average Bonchev–Trinajstić information content (AvgIpc) is 2.75. The SMILES string of the molecule is CO[Si](OC)(N1CCCC2C(C)C(C)CCC21)N1CCCC2C(C)C(C)CCC21. The van der Waals surface area contributed by atoms with Crippen molar-refractivity contribution in [2.45, 2.75) is 91.1 Å². The van der Waals surface area contributed by atoms with Gasteiger partial charge in [-0.2, -0.15) is 0 Å². The van der Waals surface area contributed by atoms with Crippen LogP contribution in [0.4, 0.5) is 0 Å². The summed E-state index contributed by atoms with van der Waals surface area (Å²) in [6.45, 7) is 12.3. The van der Waals surface area contributed by atoms with E-state index >= 15 is 0 Å². The molecule has 8 unspecified atom stereocenters. The van der Waals surface area contributed by atoms with Gasteiger partial charge in [-0.25, -0.2) is 0 Å². The topological polar surface area (TPSA) is 24.9 Å². The fraction of sp³-hybridized carbons (Fsp3) is 1.00. The molecule has 0 aromatic heterocycles. The maximum Gasteiger partial charge on any atom is 0.522 e. The summed E-state index contributed by atoms with van der Waals surface area (Å²) in [6, 6.07) is 1.31. The molecule has 2 aliphatic carbocycles. The molecule has 0 radical (unpaired) electrons. The lowest BCUT2D eigenvalue weighted by Gasteiger charge is -2.59. The smallest absolute Gasteiger partial charge is 0.374 e. The lowest BCUT2D eigenvalue weighted by molar-refractivity contribution is -0.0383. The first-order chi connectivity index (χ1) is 13.9. The Kier molecular flexibility index (Phi) is 6.83. The van der Waals surface area contributed by atoms with E-state index in [1.807, 2.05) is 14.2 Å². The molecule has 168 valence electrons. The van der Waals surface area contributed by atoms with Gasteiger partial charge in [0.15, 0.2) is 0 Å². The normalized spacial score (nSPS) is 44.9. The molecule has 8 atom stereocenters. The Morgan fingerprint density at radius 2 is 1.03 bits per heavy atom. The highest BCUT2D eigenvalue weighted by Gasteiger charge is 2.60. The minimum absolute atomic E-state index is 0.654. The predicted molar refractivity (Wildman–Crippen MR) is 121 cm³/mol. The molecule has 4 rings (SSSR count). The Bertz CT molecular complexity index is 513. The van der Waals surface area contributed by atoms with E-state index in [9.17, 15) is 0 Å². The van der Waals surface area contributed by atoms with Crippen molar-refractivity contribution in [3.63, 3.8) is 0 Å². The fourth-order valence-electron chi connectivity index (χ4n) is 7.80. The Balaban J connectivity index is 1.65. The fourth-order valence-corrected chi connectivity index (χ4v) is 11.6.